The van der Waals surface area contributed by atoms with Crippen LogP contribution in [0.4, 0.5) is 0 Å². The van der Waals surface area contributed by atoms with E-state index in [0.29, 0.717) is 0 Å². The first-order valence-corrected chi connectivity index (χ1v) is 8.97. The lowest BCUT2D eigenvalue weighted by atomic mass is 10.2. The molecule has 1 N–H and O–H groups in total. The van der Waals surface area contributed by atoms with Crippen LogP contribution in [0.3, 0.4) is 0 Å². The summed E-state index contributed by atoms with van der Waals surface area (Å²) in [4.78, 5) is 0. The van der Waals surface area contributed by atoms with Gasteiger partial charge in [0.15, 0.2) is 0 Å². The molecule has 0 aromatic carbocycles. The van der Waals surface area contributed by atoms with Crippen molar-refractivity contribution in [3.05, 3.63) is 145 Å². The monoisotopic (exact) mass is 354 g/mol. The number of hydrogen-bond acceptors (Lipinski definition) is 2. The van der Waals surface area contributed by atoms with Gasteiger partial charge in [0.2, 0.25) is 0 Å². The average molecular weight is 354 g/mol. The van der Waals surface area contributed by atoms with Crippen LogP contribution in [0.15, 0.2) is 145 Å². The molecule has 0 fully saturated rings. The SMILES string of the molecule is CN(NC1=C\C=C/C=C\C=C/C=C\C=C1)C1=C\C=C/C=C\C=C/C=C\C=C1. The Morgan fingerprint density at radius 2 is 0.889 bits per heavy atom. The van der Waals surface area contributed by atoms with Gasteiger partial charge in [0, 0.05) is 7.05 Å². The third kappa shape index (κ3) is 8.94. The van der Waals surface area contributed by atoms with Crippen LogP contribution in [-0.2, 0) is 0 Å². The number of nitrogens with one attached hydrogen (secondary N) is 1. The van der Waals surface area contributed by atoms with Gasteiger partial charge in [-0.3, -0.25) is 10.4 Å². The lowest BCUT2D eigenvalue weighted by Gasteiger charge is -2.23. The maximum Gasteiger partial charge on any atom is 0.0568 e. The molecule has 136 valence electrons. The standard InChI is InChI=1S/C25H26N2/c1-27(25-22-18-14-10-6-3-7-11-15-19-23-25)26-24-20-16-12-8-4-2-5-9-13-17-21-24/h2-23,26H,1H3/b4-2-,5-2?,6-3-,7-3?,8-4?,9-5-,10-6?,11-7-,12-8-,13-9?,14-10-,15-11?,16-12?,17-13-,18-14?,19-15-,20-16?,21-17?,22-18?,23-19?,24-20?,24-21?,25-22?,25-23?. The van der Waals surface area contributed by atoms with E-state index in [1.807, 2.05) is 134 Å². The van der Waals surface area contributed by atoms with Crippen LogP contribution >= 0.6 is 0 Å². The molecule has 0 radical (unpaired) electrons. The number of nitrogens with zero attached hydrogens (tertiary/aromatic N) is 1. The molecule has 0 aromatic heterocycles. The van der Waals surface area contributed by atoms with Gasteiger partial charge in [-0.25, -0.2) is 0 Å². The van der Waals surface area contributed by atoms with Gasteiger partial charge in [0.05, 0.1) is 11.4 Å². The number of likely N-dealkylation sites (N-methyl/N-ethyl adjacent to an activating group) is 1. The Balaban J connectivity index is 2.16. The van der Waals surface area contributed by atoms with Crippen molar-refractivity contribution in [2.75, 3.05) is 7.05 Å². The zero-order chi connectivity index (χ0) is 19.0. The second-order valence-corrected chi connectivity index (χ2v) is 5.68. The molecule has 0 amide bonds. The third-order valence-corrected chi connectivity index (χ3v) is 3.55. The summed E-state index contributed by atoms with van der Waals surface area (Å²) in [7, 11) is 2.00. The first-order chi connectivity index (χ1) is 13.4. The Morgan fingerprint density at radius 1 is 0.481 bits per heavy atom. The van der Waals surface area contributed by atoms with Gasteiger partial charge in [-0.05, 0) is 24.3 Å². The molecule has 0 aromatic rings. The molecule has 2 nitrogen and oxygen atoms in total. The van der Waals surface area contributed by atoms with E-state index in [4.69, 9.17) is 0 Å². The Bertz CT molecular complexity index is 816. The van der Waals surface area contributed by atoms with E-state index in [2.05, 4.69) is 17.6 Å². The van der Waals surface area contributed by atoms with Crippen LogP contribution in [0.1, 0.15) is 0 Å². The van der Waals surface area contributed by atoms with Crippen molar-refractivity contribution >= 4 is 0 Å². The Kier molecular flexibility index (Phi) is 9.38. The van der Waals surface area contributed by atoms with Crippen molar-refractivity contribution in [2.24, 2.45) is 0 Å². The zero-order valence-electron chi connectivity index (χ0n) is 15.6. The van der Waals surface area contributed by atoms with Crippen molar-refractivity contribution in [3.63, 3.8) is 0 Å². The largest absolute Gasteiger partial charge is 0.299 e. The maximum atomic E-state index is 3.42. The molecule has 0 spiro atoms. The van der Waals surface area contributed by atoms with Crippen LogP contribution in [0.5, 0.6) is 0 Å². The summed E-state index contributed by atoms with van der Waals surface area (Å²) >= 11 is 0. The van der Waals surface area contributed by atoms with Crippen molar-refractivity contribution in [3.8, 4) is 0 Å². The molecule has 2 heteroatoms. The van der Waals surface area contributed by atoms with Crippen molar-refractivity contribution in [2.45, 2.75) is 0 Å². The van der Waals surface area contributed by atoms with Crippen molar-refractivity contribution < 1.29 is 0 Å². The number of allylic oxidation sites excluding steroid dienone is 22. The lowest BCUT2D eigenvalue weighted by molar-refractivity contribution is 0.353. The minimum Gasteiger partial charge on any atom is -0.299 e. The van der Waals surface area contributed by atoms with Gasteiger partial charge in [-0.1, -0.05) is 109 Å². The molecular formula is C25H26N2. The fraction of sp³-hybridized carbons (Fsp3) is 0.0400. The smallest absolute Gasteiger partial charge is 0.0568 e. The van der Waals surface area contributed by atoms with Crippen LogP contribution in [0.25, 0.3) is 0 Å². The Labute approximate surface area is 162 Å². The zero-order valence-corrected chi connectivity index (χ0v) is 15.6. The summed E-state index contributed by atoms with van der Waals surface area (Å²) < 4.78 is 0. The van der Waals surface area contributed by atoms with Gasteiger partial charge in [0.1, 0.15) is 0 Å². The van der Waals surface area contributed by atoms with Crippen molar-refractivity contribution in [1.82, 2.24) is 10.4 Å². The molecule has 2 aliphatic carbocycles. The van der Waals surface area contributed by atoms with E-state index in [1.54, 1.807) is 0 Å². The lowest BCUT2D eigenvalue weighted by Crippen LogP contribution is -2.31. The first kappa shape index (κ1) is 19.8. The highest BCUT2D eigenvalue weighted by Crippen LogP contribution is 2.06. The fourth-order valence-electron chi connectivity index (χ4n) is 2.19. The average Bonchev–Trinajstić information content (AvgIpc) is 2.64. The first-order valence-electron chi connectivity index (χ1n) is 8.97. The Morgan fingerprint density at radius 3 is 1.44 bits per heavy atom. The summed E-state index contributed by atoms with van der Waals surface area (Å²) in [6, 6.07) is 0. The van der Waals surface area contributed by atoms with E-state index in [9.17, 15) is 0 Å². The molecule has 2 rings (SSSR count). The summed E-state index contributed by atoms with van der Waals surface area (Å²) in [5.41, 5.74) is 5.45. The van der Waals surface area contributed by atoms with Gasteiger partial charge in [-0.15, -0.1) is 0 Å². The summed E-state index contributed by atoms with van der Waals surface area (Å²) in [6.07, 6.45) is 44.4. The normalized spacial score (nSPS) is 26.3. The van der Waals surface area contributed by atoms with E-state index in [-0.39, 0.29) is 0 Å². The molecule has 0 bridgehead atoms. The molecule has 0 atom stereocenters. The van der Waals surface area contributed by atoms with Gasteiger partial charge in [0.25, 0.3) is 0 Å². The predicted octanol–water partition coefficient (Wildman–Crippen LogP) is 5.78. The highest BCUT2D eigenvalue weighted by Gasteiger charge is 2.00. The number of hydrazine groups is 1. The third-order valence-electron chi connectivity index (χ3n) is 3.55. The predicted molar refractivity (Wildman–Crippen MR) is 118 cm³/mol. The maximum absolute atomic E-state index is 3.42. The van der Waals surface area contributed by atoms with E-state index < -0.39 is 0 Å². The molecular weight excluding hydrogens is 328 g/mol. The topological polar surface area (TPSA) is 15.3 Å². The molecule has 0 saturated heterocycles. The molecule has 0 unspecified atom stereocenters. The fourth-order valence-corrected chi connectivity index (χ4v) is 2.19. The van der Waals surface area contributed by atoms with Gasteiger partial charge >= 0.3 is 0 Å². The summed E-state index contributed by atoms with van der Waals surface area (Å²) in [5.74, 6) is 0. The quantitative estimate of drug-likeness (QED) is 0.646. The number of hydrogen-bond donors (Lipinski definition) is 1. The highest BCUT2D eigenvalue weighted by atomic mass is 15.5. The van der Waals surface area contributed by atoms with Crippen LogP contribution in [0, 0.1) is 0 Å². The summed E-state index contributed by atoms with van der Waals surface area (Å²) in [6.45, 7) is 0. The van der Waals surface area contributed by atoms with E-state index in [1.165, 1.54) is 0 Å². The second kappa shape index (κ2) is 12.8. The number of rotatable bonds is 3. The van der Waals surface area contributed by atoms with Crippen LogP contribution < -0.4 is 5.43 Å². The Hall–Kier alpha value is -3.52. The van der Waals surface area contributed by atoms with E-state index in [0.717, 1.165) is 11.4 Å². The molecule has 0 saturated carbocycles. The highest BCUT2D eigenvalue weighted by molar-refractivity contribution is 5.32. The van der Waals surface area contributed by atoms with E-state index >= 15 is 0 Å². The van der Waals surface area contributed by atoms with Crippen LogP contribution in [0.2, 0.25) is 0 Å². The van der Waals surface area contributed by atoms with Crippen molar-refractivity contribution in [1.29, 1.82) is 0 Å². The van der Waals surface area contributed by atoms with Gasteiger partial charge in [-0.2, -0.15) is 0 Å². The van der Waals surface area contributed by atoms with Gasteiger partial charge < -0.3 is 0 Å². The second-order valence-electron chi connectivity index (χ2n) is 5.68. The summed E-state index contributed by atoms with van der Waals surface area (Å²) in [5, 5.41) is 2.00. The molecule has 0 heterocycles. The van der Waals surface area contributed by atoms with Crippen LogP contribution in [-0.4, -0.2) is 12.1 Å². The minimum atomic E-state index is 0.985. The molecule has 2 aliphatic rings. The minimum absolute atomic E-state index is 0.985. The molecule has 0 aliphatic heterocycles. The molecule has 27 heavy (non-hydrogen) atoms.